The first-order valence-corrected chi connectivity index (χ1v) is 7.20. The molecule has 0 radical (unpaired) electrons. The van der Waals surface area contributed by atoms with Gasteiger partial charge in [-0.2, -0.15) is 0 Å². The first-order chi connectivity index (χ1) is 7.99. The fourth-order valence-electron chi connectivity index (χ4n) is 1.92. The van der Waals surface area contributed by atoms with E-state index in [-0.39, 0.29) is 23.5 Å². The fraction of sp³-hybridized carbons (Fsp3) is 0.455. The SMILES string of the molecule is CN(C(=O)c1ccccn1)C1CCS(=O)(=O)C1. The minimum atomic E-state index is -2.97. The number of amides is 1. The van der Waals surface area contributed by atoms with Crippen molar-refractivity contribution in [3.63, 3.8) is 0 Å². The number of carbonyl (C=O) groups excluding carboxylic acids is 1. The number of sulfone groups is 1. The molecular formula is C11H14N2O3S. The molecule has 1 aromatic rings. The summed E-state index contributed by atoms with van der Waals surface area (Å²) in [4.78, 5) is 17.5. The molecule has 92 valence electrons. The van der Waals surface area contributed by atoms with Crippen LogP contribution in [0, 0.1) is 0 Å². The van der Waals surface area contributed by atoms with Crippen molar-refractivity contribution in [1.82, 2.24) is 9.88 Å². The Kier molecular flexibility index (Phi) is 3.15. The third-order valence-corrected chi connectivity index (χ3v) is 4.71. The van der Waals surface area contributed by atoms with E-state index in [1.165, 1.54) is 4.90 Å². The lowest BCUT2D eigenvalue weighted by Crippen LogP contribution is -2.38. The van der Waals surface area contributed by atoms with Gasteiger partial charge in [-0.3, -0.25) is 9.78 Å². The molecule has 6 heteroatoms. The topological polar surface area (TPSA) is 67.3 Å². The van der Waals surface area contributed by atoms with Crippen molar-refractivity contribution in [2.45, 2.75) is 12.5 Å². The Balaban J connectivity index is 2.11. The van der Waals surface area contributed by atoms with Crippen molar-refractivity contribution in [1.29, 1.82) is 0 Å². The highest BCUT2D eigenvalue weighted by Crippen LogP contribution is 2.17. The van der Waals surface area contributed by atoms with Crippen molar-refractivity contribution < 1.29 is 13.2 Å². The Morgan fingerprint density at radius 2 is 2.24 bits per heavy atom. The van der Waals surface area contributed by atoms with Crippen LogP contribution in [0.2, 0.25) is 0 Å². The molecular weight excluding hydrogens is 240 g/mol. The highest BCUT2D eigenvalue weighted by Gasteiger charge is 2.33. The van der Waals surface area contributed by atoms with Gasteiger partial charge in [-0.25, -0.2) is 8.42 Å². The first kappa shape index (κ1) is 12.0. The number of nitrogens with zero attached hydrogens (tertiary/aromatic N) is 2. The second kappa shape index (κ2) is 4.44. The minimum absolute atomic E-state index is 0.0576. The summed E-state index contributed by atoms with van der Waals surface area (Å²) in [5.74, 6) is -0.00718. The number of pyridine rings is 1. The zero-order valence-electron chi connectivity index (χ0n) is 9.54. The summed E-state index contributed by atoms with van der Waals surface area (Å²) < 4.78 is 22.7. The summed E-state index contributed by atoms with van der Waals surface area (Å²) in [6.45, 7) is 0. The Bertz CT molecular complexity index is 513. The lowest BCUT2D eigenvalue weighted by molar-refractivity contribution is 0.0742. The molecule has 5 nitrogen and oxygen atoms in total. The third-order valence-electron chi connectivity index (χ3n) is 2.96. The Hall–Kier alpha value is -1.43. The normalized spacial score (nSPS) is 22.3. The molecule has 1 aromatic heterocycles. The maximum atomic E-state index is 12.0. The molecule has 1 fully saturated rings. The number of hydrogen-bond acceptors (Lipinski definition) is 4. The van der Waals surface area contributed by atoms with Gasteiger partial charge in [-0.1, -0.05) is 6.07 Å². The van der Waals surface area contributed by atoms with E-state index >= 15 is 0 Å². The predicted molar refractivity (Wildman–Crippen MR) is 63.4 cm³/mol. The van der Waals surface area contributed by atoms with Crippen LogP contribution in [-0.4, -0.2) is 48.8 Å². The monoisotopic (exact) mass is 254 g/mol. The minimum Gasteiger partial charge on any atom is -0.336 e. The summed E-state index contributed by atoms with van der Waals surface area (Å²) in [7, 11) is -1.34. The van der Waals surface area contributed by atoms with Gasteiger partial charge in [0, 0.05) is 19.3 Å². The van der Waals surface area contributed by atoms with Crippen LogP contribution >= 0.6 is 0 Å². The molecule has 0 bridgehead atoms. The smallest absolute Gasteiger partial charge is 0.272 e. The van der Waals surface area contributed by atoms with E-state index in [1.54, 1.807) is 31.4 Å². The van der Waals surface area contributed by atoms with Gasteiger partial charge in [0.15, 0.2) is 9.84 Å². The molecule has 0 aliphatic carbocycles. The maximum absolute atomic E-state index is 12.0. The zero-order chi connectivity index (χ0) is 12.5. The van der Waals surface area contributed by atoms with Crippen LogP contribution in [0.1, 0.15) is 16.9 Å². The first-order valence-electron chi connectivity index (χ1n) is 5.38. The quantitative estimate of drug-likeness (QED) is 0.763. The summed E-state index contributed by atoms with van der Waals surface area (Å²) in [5, 5.41) is 0. The largest absolute Gasteiger partial charge is 0.336 e. The standard InChI is InChI=1S/C11H14N2O3S/c1-13(9-5-7-17(15,16)8-9)11(14)10-4-2-3-6-12-10/h2-4,6,9H,5,7-8H2,1H3. The predicted octanol–water partition coefficient (Wildman–Crippen LogP) is 0.341. The average molecular weight is 254 g/mol. The number of aromatic nitrogens is 1. The molecule has 2 rings (SSSR count). The Labute approximate surface area is 100 Å². The highest BCUT2D eigenvalue weighted by atomic mass is 32.2. The van der Waals surface area contributed by atoms with Crippen molar-refractivity contribution in [3.8, 4) is 0 Å². The van der Waals surface area contributed by atoms with Crippen LogP contribution in [0.4, 0.5) is 0 Å². The second-order valence-electron chi connectivity index (χ2n) is 4.19. The summed E-state index contributed by atoms with van der Waals surface area (Å²) in [6.07, 6.45) is 2.06. The van der Waals surface area contributed by atoms with Crippen LogP contribution in [0.5, 0.6) is 0 Å². The molecule has 1 aliphatic heterocycles. The van der Waals surface area contributed by atoms with E-state index in [1.807, 2.05) is 0 Å². The van der Waals surface area contributed by atoms with Gasteiger partial charge in [0.05, 0.1) is 11.5 Å². The van der Waals surface area contributed by atoms with Gasteiger partial charge >= 0.3 is 0 Å². The highest BCUT2D eigenvalue weighted by molar-refractivity contribution is 7.91. The fourth-order valence-corrected chi connectivity index (χ4v) is 3.69. The van der Waals surface area contributed by atoms with Crippen molar-refractivity contribution in [2.75, 3.05) is 18.6 Å². The van der Waals surface area contributed by atoms with Gasteiger partial charge < -0.3 is 4.90 Å². The van der Waals surface area contributed by atoms with E-state index in [2.05, 4.69) is 4.98 Å². The van der Waals surface area contributed by atoms with Gasteiger partial charge in [0.1, 0.15) is 5.69 Å². The molecule has 17 heavy (non-hydrogen) atoms. The van der Waals surface area contributed by atoms with E-state index in [9.17, 15) is 13.2 Å². The lowest BCUT2D eigenvalue weighted by Gasteiger charge is -2.22. The second-order valence-corrected chi connectivity index (χ2v) is 6.42. The molecule has 0 saturated carbocycles. The number of carbonyl (C=O) groups is 1. The number of rotatable bonds is 2. The van der Waals surface area contributed by atoms with Gasteiger partial charge in [0.25, 0.3) is 5.91 Å². The molecule has 2 heterocycles. The average Bonchev–Trinajstić information content (AvgIpc) is 2.69. The van der Waals surface area contributed by atoms with Crippen molar-refractivity contribution in [2.24, 2.45) is 0 Å². The van der Waals surface area contributed by atoms with Crippen LogP contribution in [0.25, 0.3) is 0 Å². The van der Waals surface area contributed by atoms with Crippen LogP contribution in [0.15, 0.2) is 24.4 Å². The molecule has 1 aliphatic rings. The van der Waals surface area contributed by atoms with E-state index in [0.29, 0.717) is 12.1 Å². The van der Waals surface area contributed by atoms with Crippen LogP contribution < -0.4 is 0 Å². The summed E-state index contributed by atoms with van der Waals surface area (Å²) in [6, 6.07) is 4.87. The van der Waals surface area contributed by atoms with Gasteiger partial charge in [0.2, 0.25) is 0 Å². The molecule has 1 unspecified atom stereocenters. The van der Waals surface area contributed by atoms with Crippen LogP contribution in [-0.2, 0) is 9.84 Å². The van der Waals surface area contributed by atoms with E-state index in [0.717, 1.165) is 0 Å². The van der Waals surface area contributed by atoms with Gasteiger partial charge in [-0.05, 0) is 18.6 Å². The molecule has 0 aromatic carbocycles. The molecule has 1 atom stereocenters. The molecule has 0 spiro atoms. The molecule has 1 amide bonds. The summed E-state index contributed by atoms with van der Waals surface area (Å²) in [5.41, 5.74) is 0.347. The lowest BCUT2D eigenvalue weighted by atomic mass is 10.2. The zero-order valence-corrected chi connectivity index (χ0v) is 10.4. The molecule has 0 N–H and O–H groups in total. The summed E-state index contributed by atoms with van der Waals surface area (Å²) >= 11 is 0. The Morgan fingerprint density at radius 3 is 2.76 bits per heavy atom. The number of hydrogen-bond donors (Lipinski definition) is 0. The molecule has 1 saturated heterocycles. The van der Waals surface area contributed by atoms with Gasteiger partial charge in [-0.15, -0.1) is 0 Å². The van der Waals surface area contributed by atoms with Crippen molar-refractivity contribution >= 4 is 15.7 Å². The van der Waals surface area contributed by atoms with Crippen molar-refractivity contribution in [3.05, 3.63) is 30.1 Å². The maximum Gasteiger partial charge on any atom is 0.272 e. The third kappa shape index (κ3) is 2.63. The van der Waals surface area contributed by atoms with Crippen LogP contribution in [0.3, 0.4) is 0 Å². The van der Waals surface area contributed by atoms with E-state index in [4.69, 9.17) is 0 Å². The van der Waals surface area contributed by atoms with E-state index < -0.39 is 9.84 Å². The Morgan fingerprint density at radius 1 is 1.47 bits per heavy atom.